The van der Waals surface area contributed by atoms with E-state index in [4.69, 9.17) is 4.74 Å². The summed E-state index contributed by atoms with van der Waals surface area (Å²) in [5, 5.41) is 0. The minimum atomic E-state index is -1.23. The molecule has 0 heterocycles. The van der Waals surface area contributed by atoms with Crippen LogP contribution in [0.4, 0.5) is 0 Å². The van der Waals surface area contributed by atoms with Crippen molar-refractivity contribution in [1.82, 2.24) is 0 Å². The summed E-state index contributed by atoms with van der Waals surface area (Å²) in [5.74, 6) is -0.330. The minimum absolute atomic E-state index is 0.00915. The van der Waals surface area contributed by atoms with Crippen LogP contribution in [0.2, 0.25) is 0 Å². The molecule has 1 unspecified atom stereocenters. The summed E-state index contributed by atoms with van der Waals surface area (Å²) in [7, 11) is -1.23. The van der Waals surface area contributed by atoms with Crippen LogP contribution in [0.5, 0.6) is 0 Å². The van der Waals surface area contributed by atoms with Crippen molar-refractivity contribution in [2.75, 3.05) is 6.61 Å². The van der Waals surface area contributed by atoms with Crippen LogP contribution in [-0.4, -0.2) is 16.8 Å². The van der Waals surface area contributed by atoms with E-state index in [2.05, 4.69) is 45.0 Å². The first kappa shape index (κ1) is 24.7. The Hall–Kier alpha value is -2.98. The highest BCUT2D eigenvalue weighted by atomic mass is 32.2. The third-order valence-electron chi connectivity index (χ3n) is 5.76. The molecule has 33 heavy (non-hydrogen) atoms. The Morgan fingerprint density at radius 2 is 1.85 bits per heavy atom. The Kier molecular flexibility index (Phi) is 8.04. The zero-order valence-electron chi connectivity index (χ0n) is 20.1. The van der Waals surface area contributed by atoms with E-state index in [0.29, 0.717) is 6.61 Å². The van der Waals surface area contributed by atoms with Crippen LogP contribution in [-0.2, 0) is 25.7 Å². The molecule has 4 heteroatoms. The van der Waals surface area contributed by atoms with Gasteiger partial charge in [0, 0.05) is 15.9 Å². The summed E-state index contributed by atoms with van der Waals surface area (Å²) in [5.41, 5.74) is 5.27. The highest BCUT2D eigenvalue weighted by molar-refractivity contribution is 7.94. The van der Waals surface area contributed by atoms with E-state index in [9.17, 15) is 9.00 Å². The number of esters is 1. The topological polar surface area (TPSA) is 43.4 Å². The number of fused-ring (bicyclic) bond motifs is 1. The summed E-state index contributed by atoms with van der Waals surface area (Å²) >= 11 is 0. The Morgan fingerprint density at radius 3 is 2.55 bits per heavy atom. The number of benzene rings is 2. The lowest BCUT2D eigenvalue weighted by Crippen LogP contribution is -2.22. The van der Waals surface area contributed by atoms with Crippen LogP contribution >= 0.6 is 0 Å². The molecule has 1 aliphatic carbocycles. The molecule has 2 aromatic rings. The van der Waals surface area contributed by atoms with Gasteiger partial charge in [-0.1, -0.05) is 68.5 Å². The molecule has 0 spiro atoms. The van der Waals surface area contributed by atoms with Crippen molar-refractivity contribution in [3.63, 3.8) is 0 Å². The second kappa shape index (κ2) is 10.8. The summed E-state index contributed by atoms with van der Waals surface area (Å²) in [6.07, 6.45) is 10.3. The first-order valence-electron chi connectivity index (χ1n) is 11.2. The smallest absolute Gasteiger partial charge is 0.330 e. The number of ether oxygens (including phenoxy) is 1. The fourth-order valence-corrected chi connectivity index (χ4v) is 5.12. The number of hydrogen-bond donors (Lipinski definition) is 0. The van der Waals surface area contributed by atoms with Crippen LogP contribution in [0.1, 0.15) is 57.7 Å². The fraction of sp³-hybridized carbons (Fsp3) is 0.276. The van der Waals surface area contributed by atoms with Gasteiger partial charge in [-0.05, 0) is 78.6 Å². The number of rotatable bonds is 7. The van der Waals surface area contributed by atoms with Crippen LogP contribution < -0.4 is 0 Å². The van der Waals surface area contributed by atoms with Gasteiger partial charge in [0.1, 0.15) is 0 Å². The molecule has 0 aromatic heterocycles. The maximum absolute atomic E-state index is 13.4. The van der Waals surface area contributed by atoms with Crippen LogP contribution in [0.25, 0.3) is 10.5 Å². The Morgan fingerprint density at radius 1 is 1.12 bits per heavy atom. The zero-order valence-corrected chi connectivity index (χ0v) is 20.9. The monoisotopic (exact) mass is 460 g/mol. The van der Waals surface area contributed by atoms with Gasteiger partial charge in [0.2, 0.25) is 0 Å². The largest absolute Gasteiger partial charge is 0.463 e. The SMILES string of the molecule is CCOC(=O)\C=C(C)/C=C/C=C(\C)c1ccc2c(c1)C(S(=O)c1ccccc1)=CCC2(C)C. The maximum Gasteiger partial charge on any atom is 0.330 e. The van der Waals surface area contributed by atoms with Gasteiger partial charge in [-0.15, -0.1) is 0 Å². The Labute approximate surface area is 200 Å². The lowest BCUT2D eigenvalue weighted by Gasteiger charge is -2.32. The molecule has 0 saturated carbocycles. The van der Waals surface area contributed by atoms with E-state index in [1.807, 2.05) is 55.5 Å². The molecule has 0 N–H and O–H groups in total. The molecule has 1 atom stereocenters. The van der Waals surface area contributed by atoms with Crippen LogP contribution in [0.3, 0.4) is 0 Å². The standard InChI is InChI=1S/C29H32O3S/c1-6-32-28(30)19-21(2)11-10-12-22(3)23-15-16-26-25(20-23)27(17-18-29(26,4)5)33(31)24-13-8-7-9-14-24/h7-17,19-20H,6,18H2,1-5H3/b11-10+,21-19-,22-12+. The van der Waals surface area contributed by atoms with E-state index in [-0.39, 0.29) is 11.4 Å². The molecule has 3 nitrogen and oxygen atoms in total. The van der Waals surface area contributed by atoms with Crippen LogP contribution in [0.15, 0.2) is 89.4 Å². The summed E-state index contributed by atoms with van der Waals surface area (Å²) in [6.45, 7) is 10.5. The van der Waals surface area contributed by atoms with Crippen molar-refractivity contribution >= 4 is 27.2 Å². The third-order valence-corrected chi connectivity index (χ3v) is 7.25. The van der Waals surface area contributed by atoms with E-state index in [0.717, 1.165) is 38.5 Å². The molecule has 2 aromatic carbocycles. The highest BCUT2D eigenvalue weighted by Crippen LogP contribution is 2.42. The minimum Gasteiger partial charge on any atom is -0.463 e. The quantitative estimate of drug-likeness (QED) is 0.254. The zero-order chi connectivity index (χ0) is 24.0. The normalized spacial score (nSPS) is 16.8. The molecule has 3 rings (SSSR count). The van der Waals surface area contributed by atoms with Gasteiger partial charge in [0.05, 0.1) is 17.4 Å². The molecule has 172 valence electrons. The number of carbonyl (C=O) groups is 1. The number of carbonyl (C=O) groups excluding carboxylic acids is 1. The van der Waals surface area contributed by atoms with E-state index in [1.54, 1.807) is 6.92 Å². The highest BCUT2D eigenvalue weighted by Gasteiger charge is 2.30. The van der Waals surface area contributed by atoms with E-state index < -0.39 is 10.8 Å². The maximum atomic E-state index is 13.4. The van der Waals surface area contributed by atoms with E-state index >= 15 is 0 Å². The van der Waals surface area contributed by atoms with Gasteiger partial charge in [-0.3, -0.25) is 0 Å². The molecule has 0 aliphatic heterocycles. The van der Waals surface area contributed by atoms with Crippen molar-refractivity contribution in [1.29, 1.82) is 0 Å². The molecule has 0 amide bonds. The predicted octanol–water partition coefficient (Wildman–Crippen LogP) is 6.99. The lowest BCUT2D eigenvalue weighted by atomic mass is 9.75. The molecule has 0 fully saturated rings. The Balaban J connectivity index is 1.92. The van der Waals surface area contributed by atoms with Crippen molar-refractivity contribution < 1.29 is 13.7 Å². The van der Waals surface area contributed by atoms with Gasteiger partial charge >= 0.3 is 5.97 Å². The van der Waals surface area contributed by atoms with Crippen molar-refractivity contribution in [2.45, 2.75) is 51.3 Å². The Bertz CT molecular complexity index is 1160. The first-order valence-corrected chi connectivity index (χ1v) is 12.4. The molecular weight excluding hydrogens is 428 g/mol. The van der Waals surface area contributed by atoms with E-state index in [1.165, 1.54) is 11.6 Å². The molecule has 1 aliphatic rings. The first-order chi connectivity index (χ1) is 15.7. The molecular formula is C29H32O3S. The van der Waals surface area contributed by atoms with Gasteiger partial charge < -0.3 is 4.74 Å². The predicted molar refractivity (Wildman–Crippen MR) is 138 cm³/mol. The second-order valence-corrected chi connectivity index (χ2v) is 10.3. The number of hydrogen-bond acceptors (Lipinski definition) is 3. The summed E-state index contributed by atoms with van der Waals surface area (Å²) in [4.78, 5) is 13.3. The molecule has 0 radical (unpaired) electrons. The van der Waals surface area contributed by atoms with Gasteiger partial charge in [0.25, 0.3) is 0 Å². The second-order valence-electron chi connectivity index (χ2n) is 8.85. The average Bonchev–Trinajstić information content (AvgIpc) is 2.79. The summed E-state index contributed by atoms with van der Waals surface area (Å²) < 4.78 is 18.4. The van der Waals surface area contributed by atoms with Gasteiger partial charge in [-0.25, -0.2) is 9.00 Å². The van der Waals surface area contributed by atoms with Crippen molar-refractivity contribution in [3.05, 3.63) is 101 Å². The van der Waals surface area contributed by atoms with Crippen molar-refractivity contribution in [3.8, 4) is 0 Å². The third kappa shape index (κ3) is 6.08. The lowest BCUT2D eigenvalue weighted by molar-refractivity contribution is -0.137. The molecule has 0 bridgehead atoms. The van der Waals surface area contributed by atoms with Crippen LogP contribution in [0, 0.1) is 0 Å². The average molecular weight is 461 g/mol. The fourth-order valence-electron chi connectivity index (χ4n) is 3.86. The van der Waals surface area contributed by atoms with Gasteiger partial charge in [-0.2, -0.15) is 0 Å². The summed E-state index contributed by atoms with van der Waals surface area (Å²) in [6, 6.07) is 16.1. The van der Waals surface area contributed by atoms with Crippen molar-refractivity contribution in [2.24, 2.45) is 0 Å². The van der Waals surface area contributed by atoms with Gasteiger partial charge in [0.15, 0.2) is 0 Å². The number of allylic oxidation sites excluding steroid dienone is 6. The molecule has 0 saturated heterocycles.